The van der Waals surface area contributed by atoms with E-state index >= 15 is 0 Å². The fourth-order valence-corrected chi connectivity index (χ4v) is 3.47. The molecular formula is C16H32N2O. The van der Waals surface area contributed by atoms with Crippen molar-refractivity contribution in [3.63, 3.8) is 0 Å². The molecule has 0 saturated carbocycles. The molecule has 1 atom stereocenters. The van der Waals surface area contributed by atoms with Gasteiger partial charge in [-0.05, 0) is 52.6 Å². The van der Waals surface area contributed by atoms with E-state index in [0.717, 1.165) is 32.6 Å². The van der Waals surface area contributed by atoms with Crippen molar-refractivity contribution >= 4 is 5.91 Å². The number of hydrogen-bond acceptors (Lipinski definition) is 2. The molecule has 1 heterocycles. The van der Waals surface area contributed by atoms with Crippen LogP contribution in [-0.4, -0.2) is 47.4 Å². The Hall–Kier alpha value is -0.570. The van der Waals surface area contributed by atoms with Crippen LogP contribution in [0.1, 0.15) is 60.3 Å². The van der Waals surface area contributed by atoms with E-state index in [4.69, 9.17) is 0 Å². The highest BCUT2D eigenvalue weighted by molar-refractivity contribution is 5.78. The molecule has 1 aliphatic heterocycles. The largest absolute Gasteiger partial charge is 0.342 e. The summed E-state index contributed by atoms with van der Waals surface area (Å²) in [5.41, 5.74) is 0.106. The zero-order chi connectivity index (χ0) is 14.5. The Morgan fingerprint density at radius 3 is 2.16 bits per heavy atom. The predicted molar refractivity (Wildman–Crippen MR) is 81.2 cm³/mol. The minimum Gasteiger partial charge on any atom is -0.342 e. The lowest BCUT2D eigenvalue weighted by Gasteiger charge is -2.40. The van der Waals surface area contributed by atoms with Crippen LogP contribution < -0.4 is 0 Å². The fourth-order valence-electron chi connectivity index (χ4n) is 3.47. The van der Waals surface area contributed by atoms with Gasteiger partial charge in [-0.15, -0.1) is 0 Å². The smallest absolute Gasteiger partial charge is 0.225 e. The first kappa shape index (κ1) is 16.5. The van der Waals surface area contributed by atoms with Gasteiger partial charge in [0, 0.05) is 24.5 Å². The summed E-state index contributed by atoms with van der Waals surface area (Å²) in [4.78, 5) is 17.0. The first-order chi connectivity index (χ1) is 8.92. The molecule has 0 bridgehead atoms. The van der Waals surface area contributed by atoms with Gasteiger partial charge in [0.2, 0.25) is 5.91 Å². The second kappa shape index (κ2) is 7.28. The molecular weight excluding hydrogens is 236 g/mol. The molecule has 1 rings (SSSR count). The Morgan fingerprint density at radius 1 is 1.16 bits per heavy atom. The molecule has 3 heteroatoms. The van der Waals surface area contributed by atoms with E-state index in [9.17, 15) is 4.79 Å². The fraction of sp³-hybridized carbons (Fsp3) is 0.938. The summed E-state index contributed by atoms with van der Waals surface area (Å²) in [5, 5.41) is 0. The SMILES string of the molecule is CCN(CC)C(C)(C)CC(C)C(=O)N1CCCCC1. The maximum atomic E-state index is 12.5. The van der Waals surface area contributed by atoms with E-state index in [2.05, 4.69) is 44.4 Å². The van der Waals surface area contributed by atoms with Gasteiger partial charge in [-0.1, -0.05) is 20.8 Å². The zero-order valence-corrected chi connectivity index (χ0v) is 13.5. The van der Waals surface area contributed by atoms with Gasteiger partial charge in [0.1, 0.15) is 0 Å². The standard InChI is InChI=1S/C16H32N2O/c1-6-18(7-2)16(4,5)13-14(3)15(19)17-11-9-8-10-12-17/h14H,6-13H2,1-5H3. The second-order valence-corrected chi connectivity index (χ2v) is 6.48. The Balaban J connectivity index is 2.56. The van der Waals surface area contributed by atoms with Crippen LogP contribution in [0.4, 0.5) is 0 Å². The summed E-state index contributed by atoms with van der Waals surface area (Å²) in [5.74, 6) is 0.494. The van der Waals surface area contributed by atoms with Crippen LogP contribution in [-0.2, 0) is 4.79 Å². The zero-order valence-electron chi connectivity index (χ0n) is 13.5. The molecule has 0 aromatic heterocycles. The first-order valence-corrected chi connectivity index (χ1v) is 7.96. The summed E-state index contributed by atoms with van der Waals surface area (Å²) in [6.45, 7) is 15.1. The highest BCUT2D eigenvalue weighted by Gasteiger charge is 2.31. The minimum absolute atomic E-state index is 0.106. The van der Waals surface area contributed by atoms with Crippen LogP contribution in [0.2, 0.25) is 0 Å². The predicted octanol–water partition coefficient (Wildman–Crippen LogP) is 3.15. The van der Waals surface area contributed by atoms with E-state index in [1.54, 1.807) is 0 Å². The monoisotopic (exact) mass is 268 g/mol. The number of likely N-dealkylation sites (tertiary alicyclic amines) is 1. The summed E-state index contributed by atoms with van der Waals surface area (Å²) in [6, 6.07) is 0. The number of hydrogen-bond donors (Lipinski definition) is 0. The third kappa shape index (κ3) is 4.48. The van der Waals surface area contributed by atoms with Crippen LogP contribution in [0.5, 0.6) is 0 Å². The summed E-state index contributed by atoms with van der Waals surface area (Å²) < 4.78 is 0. The average molecular weight is 268 g/mol. The quantitative estimate of drug-likeness (QED) is 0.739. The normalized spacial score (nSPS) is 18.7. The van der Waals surface area contributed by atoms with Gasteiger partial charge in [0.05, 0.1) is 0 Å². The molecule has 1 amide bonds. The molecule has 1 saturated heterocycles. The molecule has 112 valence electrons. The third-order valence-corrected chi connectivity index (χ3v) is 4.51. The lowest BCUT2D eigenvalue weighted by Crippen LogP contribution is -2.47. The first-order valence-electron chi connectivity index (χ1n) is 7.96. The Bertz CT molecular complexity index is 278. The van der Waals surface area contributed by atoms with Crippen molar-refractivity contribution in [2.24, 2.45) is 5.92 Å². The van der Waals surface area contributed by atoms with Crippen LogP contribution in [0.15, 0.2) is 0 Å². The van der Waals surface area contributed by atoms with Gasteiger partial charge in [0.15, 0.2) is 0 Å². The molecule has 3 nitrogen and oxygen atoms in total. The molecule has 0 aromatic carbocycles. The molecule has 1 aliphatic rings. The number of rotatable bonds is 6. The van der Waals surface area contributed by atoms with Crippen molar-refractivity contribution in [1.82, 2.24) is 9.80 Å². The maximum absolute atomic E-state index is 12.5. The van der Waals surface area contributed by atoms with Gasteiger partial charge in [-0.25, -0.2) is 0 Å². The van der Waals surface area contributed by atoms with Gasteiger partial charge in [0.25, 0.3) is 0 Å². The van der Waals surface area contributed by atoms with Gasteiger partial charge in [-0.2, -0.15) is 0 Å². The van der Waals surface area contributed by atoms with Gasteiger partial charge >= 0.3 is 0 Å². The lowest BCUT2D eigenvalue weighted by molar-refractivity contribution is -0.137. The Kier molecular flexibility index (Phi) is 6.31. The van der Waals surface area contributed by atoms with Crippen molar-refractivity contribution < 1.29 is 4.79 Å². The molecule has 0 aliphatic carbocycles. The van der Waals surface area contributed by atoms with E-state index in [-0.39, 0.29) is 11.5 Å². The molecule has 0 N–H and O–H groups in total. The van der Waals surface area contributed by atoms with Gasteiger partial charge in [-0.3, -0.25) is 9.69 Å². The van der Waals surface area contributed by atoms with E-state index in [1.165, 1.54) is 19.3 Å². The molecule has 1 fully saturated rings. The number of amides is 1. The van der Waals surface area contributed by atoms with E-state index in [0.29, 0.717) is 5.91 Å². The van der Waals surface area contributed by atoms with Crippen LogP contribution >= 0.6 is 0 Å². The van der Waals surface area contributed by atoms with Crippen LogP contribution in [0.3, 0.4) is 0 Å². The summed E-state index contributed by atoms with van der Waals surface area (Å²) >= 11 is 0. The molecule has 19 heavy (non-hydrogen) atoms. The van der Waals surface area contributed by atoms with Crippen molar-refractivity contribution in [2.75, 3.05) is 26.2 Å². The van der Waals surface area contributed by atoms with Crippen molar-refractivity contribution in [3.8, 4) is 0 Å². The van der Waals surface area contributed by atoms with Crippen LogP contribution in [0, 0.1) is 5.92 Å². The van der Waals surface area contributed by atoms with E-state index in [1.807, 2.05) is 0 Å². The van der Waals surface area contributed by atoms with Gasteiger partial charge < -0.3 is 4.90 Å². The number of carbonyl (C=O) groups excluding carboxylic acids is 1. The molecule has 0 spiro atoms. The molecule has 0 aromatic rings. The number of piperidine rings is 1. The number of nitrogens with zero attached hydrogens (tertiary/aromatic N) is 2. The summed E-state index contributed by atoms with van der Waals surface area (Å²) in [6.07, 6.45) is 4.59. The lowest BCUT2D eigenvalue weighted by atomic mass is 9.88. The molecule has 1 unspecified atom stereocenters. The Morgan fingerprint density at radius 2 is 1.68 bits per heavy atom. The Labute approximate surface area is 119 Å². The van der Waals surface area contributed by atoms with E-state index < -0.39 is 0 Å². The van der Waals surface area contributed by atoms with Crippen LogP contribution in [0.25, 0.3) is 0 Å². The van der Waals surface area contributed by atoms with Crippen molar-refractivity contribution in [1.29, 1.82) is 0 Å². The molecule has 0 radical (unpaired) electrons. The minimum atomic E-state index is 0.106. The van der Waals surface area contributed by atoms with Crippen molar-refractivity contribution in [2.45, 2.75) is 65.8 Å². The average Bonchev–Trinajstić information content (AvgIpc) is 2.39. The summed E-state index contributed by atoms with van der Waals surface area (Å²) in [7, 11) is 0. The topological polar surface area (TPSA) is 23.6 Å². The second-order valence-electron chi connectivity index (χ2n) is 6.48. The highest BCUT2D eigenvalue weighted by atomic mass is 16.2. The number of carbonyl (C=O) groups is 1. The highest BCUT2D eigenvalue weighted by Crippen LogP contribution is 2.25. The maximum Gasteiger partial charge on any atom is 0.225 e. The third-order valence-electron chi connectivity index (χ3n) is 4.51. The van der Waals surface area contributed by atoms with Crippen molar-refractivity contribution in [3.05, 3.63) is 0 Å².